The van der Waals surface area contributed by atoms with Gasteiger partial charge in [0, 0.05) is 6.42 Å². The lowest BCUT2D eigenvalue weighted by Crippen LogP contribution is -2.37. The molecule has 3 nitrogen and oxygen atoms in total. The van der Waals surface area contributed by atoms with Crippen LogP contribution in [0.2, 0.25) is 0 Å². The zero-order valence-electron chi connectivity index (χ0n) is 19.9. The van der Waals surface area contributed by atoms with Gasteiger partial charge in [-0.15, -0.1) is 0 Å². The number of allylic oxidation sites excluding steroid dienone is 3. The van der Waals surface area contributed by atoms with Gasteiger partial charge in [0.05, 0.1) is 17.8 Å². The molecule has 3 unspecified atom stereocenters. The maximum atomic E-state index is 14.3. The minimum Gasteiger partial charge on any atom is -0.393 e. The highest BCUT2D eigenvalue weighted by Crippen LogP contribution is 2.60. The van der Waals surface area contributed by atoms with E-state index in [-0.39, 0.29) is 5.41 Å². The second-order valence-electron chi connectivity index (χ2n) is 11.3. The molecule has 3 saturated carbocycles. The zero-order chi connectivity index (χ0) is 23.0. The molecule has 0 aromatic heterocycles. The van der Waals surface area contributed by atoms with Gasteiger partial charge in [-0.2, -0.15) is 0 Å². The quantitative estimate of drug-likeness (QED) is 0.506. The molecule has 0 heterocycles. The van der Waals surface area contributed by atoms with Gasteiger partial charge in [0.25, 0.3) is 0 Å². The summed E-state index contributed by atoms with van der Waals surface area (Å²) in [7, 11) is 0. The summed E-state index contributed by atoms with van der Waals surface area (Å²) in [6.45, 7) is 11.8. The standard InChI is InChI=1S/C27H43FO3/c1-17(8-13-25(28)26(3,4)31)22-11-12-23-19(7-6-14-27(22,23)5)9-10-20-15-21(29)16-24(30)18(20)2/h9-10,17,21-25,29-31H,2,6-8,11-16H2,1,3-5H3/b19-9?,20-10-/t17-,21-,22-,23?,24?,25?,27-/m1/s1. The van der Waals surface area contributed by atoms with Crippen molar-refractivity contribution < 1.29 is 19.7 Å². The van der Waals surface area contributed by atoms with Gasteiger partial charge in [0.1, 0.15) is 6.17 Å². The Hall–Kier alpha value is -0.970. The zero-order valence-corrected chi connectivity index (χ0v) is 19.9. The summed E-state index contributed by atoms with van der Waals surface area (Å²) in [6, 6.07) is 0. The summed E-state index contributed by atoms with van der Waals surface area (Å²) < 4.78 is 14.3. The van der Waals surface area contributed by atoms with E-state index in [4.69, 9.17) is 0 Å². The lowest BCUT2D eigenvalue weighted by Gasteiger charge is -2.44. The second-order valence-corrected chi connectivity index (χ2v) is 11.3. The van der Waals surface area contributed by atoms with Gasteiger partial charge < -0.3 is 15.3 Å². The van der Waals surface area contributed by atoms with Crippen LogP contribution in [0.4, 0.5) is 4.39 Å². The van der Waals surface area contributed by atoms with Gasteiger partial charge in [-0.25, -0.2) is 4.39 Å². The molecular formula is C27H43FO3. The van der Waals surface area contributed by atoms with Crippen molar-refractivity contribution in [2.75, 3.05) is 0 Å². The van der Waals surface area contributed by atoms with Crippen LogP contribution in [-0.2, 0) is 0 Å². The van der Waals surface area contributed by atoms with E-state index in [1.54, 1.807) is 13.8 Å². The third kappa shape index (κ3) is 5.34. The Labute approximate surface area is 188 Å². The maximum absolute atomic E-state index is 14.3. The molecule has 3 fully saturated rings. The predicted molar refractivity (Wildman–Crippen MR) is 124 cm³/mol. The first-order valence-corrected chi connectivity index (χ1v) is 12.2. The smallest absolute Gasteiger partial charge is 0.128 e. The van der Waals surface area contributed by atoms with Crippen LogP contribution in [0.5, 0.6) is 0 Å². The van der Waals surface area contributed by atoms with Crippen LogP contribution < -0.4 is 0 Å². The fourth-order valence-corrected chi connectivity index (χ4v) is 6.64. The summed E-state index contributed by atoms with van der Waals surface area (Å²) in [5, 5.41) is 30.1. The van der Waals surface area contributed by atoms with E-state index in [2.05, 4.69) is 32.6 Å². The summed E-state index contributed by atoms with van der Waals surface area (Å²) >= 11 is 0. The Balaban J connectivity index is 1.71. The van der Waals surface area contributed by atoms with E-state index in [0.29, 0.717) is 37.0 Å². The first kappa shape index (κ1) is 24.7. The van der Waals surface area contributed by atoms with Crippen LogP contribution >= 0.6 is 0 Å². The molecule has 0 aromatic carbocycles. The van der Waals surface area contributed by atoms with Crippen molar-refractivity contribution in [2.24, 2.45) is 23.2 Å². The van der Waals surface area contributed by atoms with Gasteiger partial charge >= 0.3 is 0 Å². The van der Waals surface area contributed by atoms with E-state index in [9.17, 15) is 19.7 Å². The van der Waals surface area contributed by atoms with Crippen LogP contribution in [0.25, 0.3) is 0 Å². The SMILES string of the molecule is C=C1/C(=C\C=C2CCC[C@@]3(C)C2CC[C@@H]3[C@H](C)CCC(F)C(C)(C)O)C[C@@H](O)CC1O. The molecule has 3 aliphatic rings. The molecule has 7 atom stereocenters. The lowest BCUT2D eigenvalue weighted by atomic mass is 9.60. The summed E-state index contributed by atoms with van der Waals surface area (Å²) in [5.74, 6) is 1.57. The Bertz CT molecular complexity index is 718. The van der Waals surface area contributed by atoms with E-state index in [1.807, 2.05) is 0 Å². The molecule has 0 aliphatic heterocycles. The maximum Gasteiger partial charge on any atom is 0.128 e. The molecule has 0 spiro atoms. The fourth-order valence-electron chi connectivity index (χ4n) is 6.64. The molecule has 0 radical (unpaired) electrons. The van der Waals surface area contributed by atoms with Crippen LogP contribution in [0, 0.1) is 23.2 Å². The molecular weight excluding hydrogens is 391 g/mol. The Morgan fingerprint density at radius 1 is 1.23 bits per heavy atom. The number of aliphatic hydroxyl groups excluding tert-OH is 2. The second kappa shape index (κ2) is 9.49. The molecule has 4 heteroatoms. The minimum absolute atomic E-state index is 0.241. The molecule has 3 N–H and O–H groups in total. The van der Waals surface area contributed by atoms with Gasteiger partial charge in [-0.1, -0.05) is 38.2 Å². The molecule has 0 bridgehead atoms. The molecule has 0 amide bonds. The molecule has 176 valence electrons. The van der Waals surface area contributed by atoms with Crippen molar-refractivity contribution in [1.29, 1.82) is 0 Å². The van der Waals surface area contributed by atoms with E-state index in [1.165, 1.54) is 31.3 Å². The number of alkyl halides is 1. The monoisotopic (exact) mass is 434 g/mol. The Morgan fingerprint density at radius 3 is 2.61 bits per heavy atom. The minimum atomic E-state index is -1.26. The van der Waals surface area contributed by atoms with Crippen LogP contribution in [0.3, 0.4) is 0 Å². The van der Waals surface area contributed by atoms with E-state index >= 15 is 0 Å². The summed E-state index contributed by atoms with van der Waals surface area (Å²) in [6.07, 6.45) is 10.0. The molecule has 3 rings (SSSR count). The molecule has 31 heavy (non-hydrogen) atoms. The third-order valence-electron chi connectivity index (χ3n) is 8.63. The Morgan fingerprint density at radius 2 is 1.94 bits per heavy atom. The number of rotatable bonds is 6. The highest BCUT2D eigenvalue weighted by molar-refractivity contribution is 5.38. The molecule has 0 saturated heterocycles. The summed E-state index contributed by atoms with van der Waals surface area (Å²) in [4.78, 5) is 0. The van der Waals surface area contributed by atoms with Gasteiger partial charge in [-0.05, 0) is 99.5 Å². The highest BCUT2D eigenvalue weighted by Gasteiger charge is 2.50. The number of hydrogen-bond acceptors (Lipinski definition) is 3. The van der Waals surface area contributed by atoms with Crippen LogP contribution in [-0.4, -0.2) is 39.3 Å². The van der Waals surface area contributed by atoms with Crippen molar-refractivity contribution in [3.63, 3.8) is 0 Å². The van der Waals surface area contributed by atoms with Crippen molar-refractivity contribution in [2.45, 2.75) is 109 Å². The first-order valence-electron chi connectivity index (χ1n) is 12.2. The van der Waals surface area contributed by atoms with Crippen molar-refractivity contribution in [3.05, 3.63) is 35.5 Å². The fraction of sp³-hybridized carbons (Fsp3) is 0.778. The average Bonchev–Trinajstić information content (AvgIpc) is 3.04. The predicted octanol–water partition coefficient (Wildman–Crippen LogP) is 5.65. The number of hydrogen-bond donors (Lipinski definition) is 3. The number of aliphatic hydroxyl groups is 3. The van der Waals surface area contributed by atoms with Crippen LogP contribution in [0.15, 0.2) is 35.5 Å². The molecule has 3 aliphatic carbocycles. The number of fused-ring (bicyclic) bond motifs is 1. The Kier molecular flexibility index (Phi) is 7.55. The normalized spacial score (nSPS) is 39.0. The van der Waals surface area contributed by atoms with E-state index < -0.39 is 24.0 Å². The molecule has 0 aromatic rings. The summed E-state index contributed by atoms with van der Waals surface area (Å²) in [5.41, 5.74) is 2.17. The number of halogens is 1. The van der Waals surface area contributed by atoms with Crippen molar-refractivity contribution in [1.82, 2.24) is 0 Å². The van der Waals surface area contributed by atoms with Gasteiger partial charge in [0.15, 0.2) is 0 Å². The topological polar surface area (TPSA) is 60.7 Å². The van der Waals surface area contributed by atoms with E-state index in [0.717, 1.165) is 24.0 Å². The lowest BCUT2D eigenvalue weighted by molar-refractivity contribution is -0.0119. The largest absolute Gasteiger partial charge is 0.393 e. The van der Waals surface area contributed by atoms with Crippen molar-refractivity contribution in [3.8, 4) is 0 Å². The average molecular weight is 435 g/mol. The van der Waals surface area contributed by atoms with Crippen LogP contribution in [0.1, 0.15) is 85.5 Å². The van der Waals surface area contributed by atoms with Gasteiger partial charge in [-0.3, -0.25) is 0 Å². The first-order chi connectivity index (χ1) is 14.4. The third-order valence-corrected chi connectivity index (χ3v) is 8.63. The highest BCUT2D eigenvalue weighted by atomic mass is 19.1. The van der Waals surface area contributed by atoms with Crippen molar-refractivity contribution >= 4 is 0 Å². The van der Waals surface area contributed by atoms with Gasteiger partial charge in [0.2, 0.25) is 0 Å².